The molecule has 126 valence electrons. The summed E-state index contributed by atoms with van der Waals surface area (Å²) < 4.78 is 0. The molecule has 24 heavy (non-hydrogen) atoms. The van der Waals surface area contributed by atoms with Crippen molar-refractivity contribution in [2.45, 2.75) is 52.1 Å². The molecular formula is C20H24N2OS. The minimum absolute atomic E-state index is 0.153. The fourth-order valence-electron chi connectivity index (χ4n) is 3.94. The highest BCUT2D eigenvalue weighted by Crippen LogP contribution is 2.44. The second-order valence-electron chi connectivity index (χ2n) is 6.92. The van der Waals surface area contributed by atoms with E-state index in [1.165, 1.54) is 52.3 Å². The predicted octanol–water partition coefficient (Wildman–Crippen LogP) is 4.51. The Morgan fingerprint density at radius 3 is 2.62 bits per heavy atom. The highest BCUT2D eigenvalue weighted by molar-refractivity contribution is 7.16. The van der Waals surface area contributed by atoms with E-state index in [0.29, 0.717) is 12.7 Å². The lowest BCUT2D eigenvalue weighted by Crippen LogP contribution is -2.45. The van der Waals surface area contributed by atoms with Crippen molar-refractivity contribution >= 4 is 22.2 Å². The van der Waals surface area contributed by atoms with Crippen LogP contribution in [-0.2, 0) is 24.2 Å². The van der Waals surface area contributed by atoms with Crippen LogP contribution >= 0.6 is 11.3 Å². The van der Waals surface area contributed by atoms with Gasteiger partial charge in [0.05, 0.1) is 6.67 Å². The zero-order valence-electron chi connectivity index (χ0n) is 14.4. The number of carbonyl (C=O) groups is 1. The molecule has 2 aliphatic rings. The zero-order valence-corrected chi connectivity index (χ0v) is 15.2. The van der Waals surface area contributed by atoms with Gasteiger partial charge in [-0.05, 0) is 43.7 Å². The number of anilines is 1. The molecule has 0 N–H and O–H groups in total. The number of amides is 1. The SMILES string of the molecule is CC(=O)N1CN(C(C)c2ccccc2)Cc2c1sc1c2CCCC1. The Morgan fingerprint density at radius 2 is 1.88 bits per heavy atom. The first-order chi connectivity index (χ1) is 11.6. The number of carbonyl (C=O) groups excluding carboxylic acids is 1. The van der Waals surface area contributed by atoms with Gasteiger partial charge in [0, 0.05) is 30.0 Å². The molecule has 3 nitrogen and oxygen atoms in total. The van der Waals surface area contributed by atoms with Crippen LogP contribution in [0.3, 0.4) is 0 Å². The van der Waals surface area contributed by atoms with Gasteiger partial charge in [0.15, 0.2) is 0 Å². The van der Waals surface area contributed by atoms with Gasteiger partial charge in [-0.15, -0.1) is 11.3 Å². The molecule has 1 amide bonds. The molecule has 0 bridgehead atoms. The molecule has 0 radical (unpaired) electrons. The number of thiophene rings is 1. The van der Waals surface area contributed by atoms with Crippen LogP contribution in [0.15, 0.2) is 30.3 Å². The van der Waals surface area contributed by atoms with Crippen LogP contribution in [0.25, 0.3) is 0 Å². The van der Waals surface area contributed by atoms with Crippen molar-refractivity contribution in [1.29, 1.82) is 0 Å². The maximum absolute atomic E-state index is 12.3. The second kappa shape index (κ2) is 6.34. The van der Waals surface area contributed by atoms with E-state index in [1.54, 1.807) is 6.92 Å². The molecule has 0 spiro atoms. The van der Waals surface area contributed by atoms with Gasteiger partial charge in [0.25, 0.3) is 0 Å². The van der Waals surface area contributed by atoms with Crippen LogP contribution in [0, 0.1) is 0 Å². The quantitative estimate of drug-likeness (QED) is 0.803. The number of hydrogen-bond acceptors (Lipinski definition) is 3. The number of benzene rings is 1. The first-order valence-corrected chi connectivity index (χ1v) is 9.67. The van der Waals surface area contributed by atoms with E-state index < -0.39 is 0 Å². The summed E-state index contributed by atoms with van der Waals surface area (Å²) in [6.07, 6.45) is 4.94. The third-order valence-electron chi connectivity index (χ3n) is 5.40. The summed E-state index contributed by atoms with van der Waals surface area (Å²) in [7, 11) is 0. The Hall–Kier alpha value is -1.65. The van der Waals surface area contributed by atoms with E-state index in [1.807, 2.05) is 16.2 Å². The lowest BCUT2D eigenvalue weighted by Gasteiger charge is -2.39. The largest absolute Gasteiger partial charge is 0.290 e. The van der Waals surface area contributed by atoms with Crippen molar-refractivity contribution in [3.05, 3.63) is 51.9 Å². The summed E-state index contributed by atoms with van der Waals surface area (Å²) >= 11 is 1.86. The van der Waals surface area contributed by atoms with Gasteiger partial charge in [-0.25, -0.2) is 0 Å². The number of nitrogens with zero attached hydrogens (tertiary/aromatic N) is 2. The minimum atomic E-state index is 0.153. The van der Waals surface area contributed by atoms with E-state index in [-0.39, 0.29) is 5.91 Å². The Balaban J connectivity index is 1.71. The first kappa shape index (κ1) is 15.9. The molecule has 2 heterocycles. The average Bonchev–Trinajstić information content (AvgIpc) is 2.99. The van der Waals surface area contributed by atoms with Gasteiger partial charge in [-0.1, -0.05) is 30.3 Å². The summed E-state index contributed by atoms with van der Waals surface area (Å²) in [5.41, 5.74) is 4.27. The van der Waals surface area contributed by atoms with Gasteiger partial charge >= 0.3 is 0 Å². The average molecular weight is 340 g/mol. The maximum Gasteiger partial charge on any atom is 0.225 e. The molecule has 1 atom stereocenters. The number of hydrogen-bond donors (Lipinski definition) is 0. The van der Waals surface area contributed by atoms with E-state index >= 15 is 0 Å². The Labute approximate surface area is 147 Å². The smallest absolute Gasteiger partial charge is 0.225 e. The lowest BCUT2D eigenvalue weighted by atomic mass is 9.94. The molecule has 1 aromatic carbocycles. The topological polar surface area (TPSA) is 23.6 Å². The molecule has 1 aromatic heterocycles. The predicted molar refractivity (Wildman–Crippen MR) is 99.4 cm³/mol. The number of fused-ring (bicyclic) bond motifs is 3. The molecule has 1 aliphatic carbocycles. The van der Waals surface area contributed by atoms with Crippen molar-refractivity contribution in [1.82, 2.24) is 4.90 Å². The van der Waals surface area contributed by atoms with E-state index in [2.05, 4.69) is 42.2 Å². The molecule has 0 fully saturated rings. The van der Waals surface area contributed by atoms with Crippen LogP contribution in [0.2, 0.25) is 0 Å². The Morgan fingerprint density at radius 1 is 1.12 bits per heavy atom. The van der Waals surface area contributed by atoms with Gasteiger partial charge < -0.3 is 0 Å². The van der Waals surface area contributed by atoms with Gasteiger partial charge in [-0.3, -0.25) is 14.6 Å². The summed E-state index contributed by atoms with van der Waals surface area (Å²) in [6, 6.07) is 10.9. The van der Waals surface area contributed by atoms with Gasteiger partial charge in [-0.2, -0.15) is 0 Å². The highest BCUT2D eigenvalue weighted by atomic mass is 32.1. The summed E-state index contributed by atoms with van der Waals surface area (Å²) in [4.78, 5) is 18.2. The van der Waals surface area contributed by atoms with Crippen LogP contribution in [0.1, 0.15) is 54.3 Å². The molecule has 1 aliphatic heterocycles. The van der Waals surface area contributed by atoms with Gasteiger partial charge in [0.2, 0.25) is 5.91 Å². The first-order valence-electron chi connectivity index (χ1n) is 8.85. The summed E-state index contributed by atoms with van der Waals surface area (Å²) in [5.74, 6) is 0.153. The van der Waals surface area contributed by atoms with Crippen molar-refractivity contribution < 1.29 is 4.79 Å². The molecule has 1 unspecified atom stereocenters. The van der Waals surface area contributed by atoms with Crippen molar-refractivity contribution in [2.75, 3.05) is 11.6 Å². The lowest BCUT2D eigenvalue weighted by molar-refractivity contribution is -0.117. The maximum atomic E-state index is 12.3. The number of aryl methyl sites for hydroxylation is 1. The summed E-state index contributed by atoms with van der Waals surface area (Å²) in [6.45, 7) is 5.59. The molecule has 4 rings (SSSR count). The van der Waals surface area contributed by atoms with Crippen LogP contribution in [0.5, 0.6) is 0 Å². The minimum Gasteiger partial charge on any atom is -0.290 e. The van der Waals surface area contributed by atoms with Crippen LogP contribution < -0.4 is 4.90 Å². The fourth-order valence-corrected chi connectivity index (χ4v) is 5.38. The molecule has 2 aromatic rings. The van der Waals surface area contributed by atoms with Crippen molar-refractivity contribution in [3.8, 4) is 0 Å². The monoisotopic (exact) mass is 340 g/mol. The number of rotatable bonds is 2. The Bertz CT molecular complexity index is 752. The zero-order chi connectivity index (χ0) is 16.7. The normalized spacial score (nSPS) is 18.8. The van der Waals surface area contributed by atoms with Crippen molar-refractivity contribution in [2.24, 2.45) is 0 Å². The molecule has 0 saturated heterocycles. The third-order valence-corrected chi connectivity index (χ3v) is 6.76. The van der Waals surface area contributed by atoms with Crippen molar-refractivity contribution in [3.63, 3.8) is 0 Å². The molecule has 0 saturated carbocycles. The highest BCUT2D eigenvalue weighted by Gasteiger charge is 2.33. The summed E-state index contributed by atoms with van der Waals surface area (Å²) in [5, 5.41) is 1.21. The van der Waals surface area contributed by atoms with Crippen LogP contribution in [0.4, 0.5) is 5.00 Å². The molecule has 4 heteroatoms. The van der Waals surface area contributed by atoms with Gasteiger partial charge in [0.1, 0.15) is 5.00 Å². The second-order valence-corrected chi connectivity index (χ2v) is 8.00. The standard InChI is InChI=1S/C20H24N2OS/c1-14(16-8-4-3-5-9-16)21-12-18-17-10-6-7-11-19(17)24-20(18)22(13-21)15(2)23/h3-5,8-9,14H,6-7,10-13H2,1-2H3. The van der Waals surface area contributed by atoms with E-state index in [4.69, 9.17) is 0 Å². The van der Waals surface area contributed by atoms with E-state index in [0.717, 1.165) is 6.54 Å². The van der Waals surface area contributed by atoms with E-state index in [9.17, 15) is 4.79 Å². The third kappa shape index (κ3) is 2.68. The molecular weight excluding hydrogens is 316 g/mol. The Kier molecular flexibility index (Phi) is 4.19. The fraction of sp³-hybridized carbons (Fsp3) is 0.450. The van der Waals surface area contributed by atoms with Crippen LogP contribution in [-0.4, -0.2) is 17.5 Å².